The molecule has 0 unspecified atom stereocenters. The van der Waals surface area contributed by atoms with E-state index in [1.54, 1.807) is 0 Å². The molecule has 148 valence electrons. The average molecular weight is 476 g/mol. The van der Waals surface area contributed by atoms with Crippen LogP contribution in [0.3, 0.4) is 0 Å². The predicted octanol–water partition coefficient (Wildman–Crippen LogP) is 2.81. The van der Waals surface area contributed by atoms with Gasteiger partial charge in [-0.05, 0) is 45.4 Å². The minimum atomic E-state index is 0. The Morgan fingerprint density at radius 3 is 2.54 bits per heavy atom. The molecule has 1 aromatic rings. The first kappa shape index (κ1) is 24.5. The first-order valence-electron chi connectivity index (χ1n) is 9.10. The van der Waals surface area contributed by atoms with Gasteiger partial charge in [-0.3, -0.25) is 9.79 Å². The molecular weight excluding hydrogens is 443 g/mol. The maximum absolute atomic E-state index is 12.0. The number of carbonyl (C=O) groups excluding carboxylic acids is 1. The second-order valence-electron chi connectivity index (χ2n) is 5.67. The van der Waals surface area contributed by atoms with E-state index in [1.165, 1.54) is 5.56 Å². The van der Waals surface area contributed by atoms with Crippen molar-refractivity contribution in [3.8, 4) is 5.75 Å². The van der Waals surface area contributed by atoms with Gasteiger partial charge in [-0.15, -0.1) is 24.0 Å². The summed E-state index contributed by atoms with van der Waals surface area (Å²) in [5, 5.41) is 6.41. The largest absolute Gasteiger partial charge is 0.492 e. The first-order chi connectivity index (χ1) is 12.1. The highest BCUT2D eigenvalue weighted by molar-refractivity contribution is 14.0. The number of nitrogens with zero attached hydrogens (tertiary/aromatic N) is 2. The quantitative estimate of drug-likeness (QED) is 0.236. The molecule has 1 rings (SSSR count). The lowest BCUT2D eigenvalue weighted by Gasteiger charge is -2.18. The third kappa shape index (κ3) is 9.84. The van der Waals surface area contributed by atoms with Gasteiger partial charge in [-0.1, -0.05) is 12.1 Å². The van der Waals surface area contributed by atoms with Crippen LogP contribution in [0, 0.1) is 6.92 Å². The Balaban J connectivity index is 0.00000625. The van der Waals surface area contributed by atoms with Gasteiger partial charge in [0.1, 0.15) is 12.4 Å². The van der Waals surface area contributed by atoms with Crippen LogP contribution in [0.1, 0.15) is 32.8 Å². The number of hydrogen-bond acceptors (Lipinski definition) is 3. The van der Waals surface area contributed by atoms with Crippen molar-refractivity contribution < 1.29 is 9.53 Å². The lowest BCUT2D eigenvalue weighted by atomic mass is 10.2. The van der Waals surface area contributed by atoms with Gasteiger partial charge in [0.25, 0.3) is 0 Å². The van der Waals surface area contributed by atoms with E-state index >= 15 is 0 Å². The van der Waals surface area contributed by atoms with Crippen LogP contribution in [0.25, 0.3) is 0 Å². The SMILES string of the molecule is CCNC(=NCCC(=O)N(CC)CC)NCCOc1cccc(C)c1.I. The maximum Gasteiger partial charge on any atom is 0.224 e. The molecule has 26 heavy (non-hydrogen) atoms. The molecular formula is C19H33IN4O2. The number of rotatable bonds is 10. The Morgan fingerprint density at radius 1 is 1.19 bits per heavy atom. The molecule has 0 radical (unpaired) electrons. The number of guanidine groups is 1. The fourth-order valence-corrected chi connectivity index (χ4v) is 2.38. The van der Waals surface area contributed by atoms with Gasteiger partial charge in [-0.25, -0.2) is 0 Å². The lowest BCUT2D eigenvalue weighted by Crippen LogP contribution is -2.39. The van der Waals surface area contributed by atoms with Crippen molar-refractivity contribution in [3.63, 3.8) is 0 Å². The van der Waals surface area contributed by atoms with E-state index in [4.69, 9.17) is 4.74 Å². The monoisotopic (exact) mass is 476 g/mol. The number of carbonyl (C=O) groups is 1. The van der Waals surface area contributed by atoms with Crippen LogP contribution in [0.15, 0.2) is 29.3 Å². The number of ether oxygens (including phenoxy) is 1. The Bertz CT molecular complexity index is 548. The van der Waals surface area contributed by atoms with Crippen LogP contribution in [-0.2, 0) is 4.79 Å². The van der Waals surface area contributed by atoms with Crippen molar-refractivity contribution >= 4 is 35.8 Å². The molecule has 0 aliphatic carbocycles. The van der Waals surface area contributed by atoms with E-state index in [-0.39, 0.29) is 29.9 Å². The Hall–Kier alpha value is -1.51. The summed E-state index contributed by atoms with van der Waals surface area (Å²) in [7, 11) is 0. The minimum Gasteiger partial charge on any atom is -0.492 e. The zero-order valence-electron chi connectivity index (χ0n) is 16.4. The van der Waals surface area contributed by atoms with Gasteiger partial charge >= 0.3 is 0 Å². The molecule has 1 aromatic carbocycles. The first-order valence-corrected chi connectivity index (χ1v) is 9.10. The predicted molar refractivity (Wildman–Crippen MR) is 119 cm³/mol. The Labute approximate surface area is 174 Å². The second-order valence-corrected chi connectivity index (χ2v) is 5.67. The number of aryl methyl sites for hydroxylation is 1. The van der Waals surface area contributed by atoms with Crippen LogP contribution in [0.2, 0.25) is 0 Å². The van der Waals surface area contributed by atoms with Crippen molar-refractivity contribution in [2.45, 2.75) is 34.1 Å². The average Bonchev–Trinajstić information content (AvgIpc) is 2.60. The smallest absolute Gasteiger partial charge is 0.224 e. The number of aliphatic imine (C=N–C) groups is 1. The molecule has 0 saturated heterocycles. The highest BCUT2D eigenvalue weighted by Gasteiger charge is 2.08. The fourth-order valence-electron chi connectivity index (χ4n) is 2.38. The topological polar surface area (TPSA) is 66.0 Å². The molecule has 7 heteroatoms. The van der Waals surface area contributed by atoms with E-state index in [9.17, 15) is 4.79 Å². The maximum atomic E-state index is 12.0. The summed E-state index contributed by atoms with van der Waals surface area (Å²) in [6.45, 7) is 12.0. The van der Waals surface area contributed by atoms with Crippen molar-refractivity contribution in [1.29, 1.82) is 0 Å². The number of amides is 1. The molecule has 0 heterocycles. The van der Waals surface area contributed by atoms with Crippen LogP contribution < -0.4 is 15.4 Å². The molecule has 0 saturated carbocycles. The number of benzene rings is 1. The van der Waals surface area contributed by atoms with Crippen LogP contribution in [0.4, 0.5) is 0 Å². The van der Waals surface area contributed by atoms with Gasteiger partial charge in [0.15, 0.2) is 5.96 Å². The van der Waals surface area contributed by atoms with Gasteiger partial charge < -0.3 is 20.3 Å². The van der Waals surface area contributed by atoms with Crippen molar-refractivity contribution in [2.24, 2.45) is 4.99 Å². The third-order valence-corrected chi connectivity index (χ3v) is 3.71. The molecule has 6 nitrogen and oxygen atoms in total. The highest BCUT2D eigenvalue weighted by atomic mass is 127. The lowest BCUT2D eigenvalue weighted by molar-refractivity contribution is -0.130. The fraction of sp³-hybridized carbons (Fsp3) is 0.579. The van der Waals surface area contributed by atoms with Crippen molar-refractivity contribution in [1.82, 2.24) is 15.5 Å². The summed E-state index contributed by atoms with van der Waals surface area (Å²) in [5.74, 6) is 1.73. The normalized spacial score (nSPS) is 10.7. The van der Waals surface area contributed by atoms with Crippen molar-refractivity contribution in [3.05, 3.63) is 29.8 Å². The summed E-state index contributed by atoms with van der Waals surface area (Å²) in [6.07, 6.45) is 0.429. The third-order valence-electron chi connectivity index (χ3n) is 3.71. The molecule has 0 aliphatic rings. The summed E-state index contributed by atoms with van der Waals surface area (Å²) >= 11 is 0. The summed E-state index contributed by atoms with van der Waals surface area (Å²) in [5.41, 5.74) is 1.18. The molecule has 0 aliphatic heterocycles. The molecule has 0 aromatic heterocycles. The number of nitrogens with one attached hydrogen (secondary N) is 2. The minimum absolute atomic E-state index is 0. The molecule has 2 N–H and O–H groups in total. The molecule has 0 atom stereocenters. The molecule has 0 fully saturated rings. The van der Waals surface area contributed by atoms with E-state index in [2.05, 4.69) is 15.6 Å². The summed E-state index contributed by atoms with van der Waals surface area (Å²) in [4.78, 5) is 18.3. The van der Waals surface area contributed by atoms with Crippen LogP contribution in [-0.4, -0.2) is 56.1 Å². The zero-order chi connectivity index (χ0) is 18.5. The molecule has 0 bridgehead atoms. The van der Waals surface area contributed by atoms with Gasteiger partial charge in [0.2, 0.25) is 5.91 Å². The van der Waals surface area contributed by atoms with Crippen LogP contribution in [0.5, 0.6) is 5.75 Å². The van der Waals surface area contributed by atoms with Gasteiger partial charge in [0, 0.05) is 26.1 Å². The van der Waals surface area contributed by atoms with Gasteiger partial charge in [0.05, 0.1) is 13.1 Å². The van der Waals surface area contributed by atoms with E-state index in [1.807, 2.05) is 56.9 Å². The zero-order valence-corrected chi connectivity index (χ0v) is 18.7. The van der Waals surface area contributed by atoms with Crippen LogP contribution >= 0.6 is 24.0 Å². The van der Waals surface area contributed by atoms with E-state index < -0.39 is 0 Å². The van der Waals surface area contributed by atoms with E-state index in [0.717, 1.165) is 25.4 Å². The summed E-state index contributed by atoms with van der Waals surface area (Å²) < 4.78 is 5.71. The second kappa shape index (κ2) is 14.6. The Kier molecular flexibility index (Phi) is 13.8. The van der Waals surface area contributed by atoms with E-state index in [0.29, 0.717) is 32.1 Å². The van der Waals surface area contributed by atoms with Crippen molar-refractivity contribution in [2.75, 3.05) is 39.3 Å². The number of halogens is 1. The standard InChI is InChI=1S/C19H32N4O2.HI/c1-5-20-19(21-12-11-18(24)23(6-2)7-3)22-13-14-25-17-10-8-9-16(4)15-17;/h8-10,15H,5-7,11-14H2,1-4H3,(H2,20,21,22);1H. The van der Waals surface area contributed by atoms with Gasteiger partial charge in [-0.2, -0.15) is 0 Å². The number of hydrogen-bond donors (Lipinski definition) is 2. The highest BCUT2D eigenvalue weighted by Crippen LogP contribution is 2.11. The molecule has 1 amide bonds. The molecule has 0 spiro atoms. The Morgan fingerprint density at radius 2 is 1.92 bits per heavy atom. The summed E-state index contributed by atoms with van der Waals surface area (Å²) in [6, 6.07) is 7.99.